The average Bonchev–Trinajstić information content (AvgIpc) is 2.65. The number of allylic oxidation sites excluding steroid dienone is 1. The molecule has 2 atom stereocenters. The fraction of sp³-hybridized carbons (Fsp3) is 0.550. The topological polar surface area (TPSA) is 51.6 Å². The molecule has 0 spiro atoms. The first kappa shape index (κ1) is 15.6. The molecule has 1 saturated carbocycles. The van der Waals surface area contributed by atoms with Crippen molar-refractivity contribution in [3.8, 4) is 5.88 Å². The molecule has 1 fully saturated rings. The Bertz CT molecular complexity index is 702. The van der Waals surface area contributed by atoms with Crippen LogP contribution in [0.4, 0.5) is 0 Å². The van der Waals surface area contributed by atoms with Crippen LogP contribution in [0.15, 0.2) is 23.5 Å². The predicted octanol–water partition coefficient (Wildman–Crippen LogP) is 4.16. The Hall–Kier alpha value is -1.97. The van der Waals surface area contributed by atoms with Gasteiger partial charge in [0.25, 0.3) is 0 Å². The largest absolute Gasteiger partial charge is 0.481 e. The molecular formula is C20H24N2O2. The maximum absolute atomic E-state index is 12.9. The molecule has 1 aromatic rings. The SMILES string of the molecule is COc1cc2c(cn1)C1=CN=CC(C1)C2CC(=O)C1CCCCC1. The zero-order chi connectivity index (χ0) is 16.5. The number of hydrogen-bond acceptors (Lipinski definition) is 4. The summed E-state index contributed by atoms with van der Waals surface area (Å²) in [5, 5.41) is 0. The number of ketones is 1. The first-order valence-corrected chi connectivity index (χ1v) is 9.05. The summed E-state index contributed by atoms with van der Waals surface area (Å²) in [5.41, 5.74) is 3.58. The lowest BCUT2D eigenvalue weighted by molar-refractivity contribution is -0.124. The molecule has 3 aliphatic rings. The number of nitrogens with zero attached hydrogens (tertiary/aromatic N) is 2. The van der Waals surface area contributed by atoms with Crippen LogP contribution in [-0.4, -0.2) is 24.1 Å². The molecule has 126 valence electrons. The summed E-state index contributed by atoms with van der Waals surface area (Å²) in [4.78, 5) is 21.7. The molecule has 0 aromatic carbocycles. The van der Waals surface area contributed by atoms with Crippen molar-refractivity contribution in [1.82, 2.24) is 4.98 Å². The van der Waals surface area contributed by atoms with Crippen LogP contribution in [-0.2, 0) is 4.79 Å². The number of rotatable bonds is 4. The van der Waals surface area contributed by atoms with Crippen molar-refractivity contribution in [2.45, 2.75) is 50.9 Å². The Morgan fingerprint density at radius 3 is 2.92 bits per heavy atom. The fourth-order valence-corrected chi connectivity index (χ4v) is 4.47. The summed E-state index contributed by atoms with van der Waals surface area (Å²) >= 11 is 0. The molecular weight excluding hydrogens is 300 g/mol. The van der Waals surface area contributed by atoms with E-state index in [0.717, 1.165) is 24.8 Å². The molecule has 4 heteroatoms. The Kier molecular flexibility index (Phi) is 4.21. The van der Waals surface area contributed by atoms with Crippen molar-refractivity contribution < 1.29 is 9.53 Å². The Morgan fingerprint density at radius 1 is 1.29 bits per heavy atom. The van der Waals surface area contributed by atoms with Gasteiger partial charge in [-0.1, -0.05) is 19.3 Å². The maximum atomic E-state index is 12.9. The molecule has 2 aliphatic carbocycles. The molecule has 24 heavy (non-hydrogen) atoms. The minimum Gasteiger partial charge on any atom is -0.481 e. The molecule has 2 heterocycles. The summed E-state index contributed by atoms with van der Waals surface area (Å²) in [6, 6.07) is 2.02. The van der Waals surface area contributed by atoms with Crippen molar-refractivity contribution in [3.05, 3.63) is 29.6 Å². The number of pyridine rings is 1. The lowest BCUT2D eigenvalue weighted by Crippen LogP contribution is -2.28. The first-order valence-electron chi connectivity index (χ1n) is 9.05. The van der Waals surface area contributed by atoms with Crippen molar-refractivity contribution in [2.24, 2.45) is 16.8 Å². The highest BCUT2D eigenvalue weighted by Crippen LogP contribution is 2.46. The van der Waals surface area contributed by atoms with Crippen molar-refractivity contribution in [1.29, 1.82) is 0 Å². The fourth-order valence-electron chi connectivity index (χ4n) is 4.47. The van der Waals surface area contributed by atoms with E-state index in [9.17, 15) is 4.79 Å². The van der Waals surface area contributed by atoms with Gasteiger partial charge in [0.15, 0.2) is 0 Å². The number of fused-ring (bicyclic) bond motifs is 4. The van der Waals surface area contributed by atoms with Gasteiger partial charge in [0, 0.05) is 48.5 Å². The summed E-state index contributed by atoms with van der Waals surface area (Å²) in [6.45, 7) is 0. The molecule has 1 aromatic heterocycles. The Balaban J connectivity index is 1.64. The zero-order valence-electron chi connectivity index (χ0n) is 14.2. The molecule has 0 radical (unpaired) electrons. The van der Waals surface area contributed by atoms with Crippen molar-refractivity contribution in [3.63, 3.8) is 0 Å². The maximum Gasteiger partial charge on any atom is 0.213 e. The normalized spacial score (nSPS) is 25.8. The molecule has 2 bridgehead atoms. The highest BCUT2D eigenvalue weighted by Gasteiger charge is 2.36. The molecule has 1 aliphatic heterocycles. The molecule has 4 nitrogen and oxygen atoms in total. The quantitative estimate of drug-likeness (QED) is 0.835. The molecule has 0 amide bonds. The molecule has 0 N–H and O–H groups in total. The van der Waals surface area contributed by atoms with Crippen LogP contribution in [0.2, 0.25) is 0 Å². The van der Waals surface area contributed by atoms with E-state index >= 15 is 0 Å². The third-order valence-corrected chi connectivity index (χ3v) is 5.83. The number of hydrogen-bond donors (Lipinski definition) is 0. The highest BCUT2D eigenvalue weighted by atomic mass is 16.5. The van der Waals surface area contributed by atoms with Gasteiger partial charge in [0.1, 0.15) is 5.78 Å². The number of aliphatic imine (C=N–C) groups is 1. The molecule has 0 saturated heterocycles. The van der Waals surface area contributed by atoms with Gasteiger partial charge in [-0.2, -0.15) is 0 Å². The Morgan fingerprint density at radius 2 is 2.12 bits per heavy atom. The summed E-state index contributed by atoms with van der Waals surface area (Å²) in [5.74, 6) is 1.85. The predicted molar refractivity (Wildman–Crippen MR) is 94.3 cm³/mol. The third kappa shape index (κ3) is 2.79. The van der Waals surface area contributed by atoms with Crippen LogP contribution in [0, 0.1) is 11.8 Å². The minimum absolute atomic E-state index is 0.201. The van der Waals surface area contributed by atoms with Crippen LogP contribution in [0.1, 0.15) is 62.0 Å². The van der Waals surface area contributed by atoms with Crippen molar-refractivity contribution >= 4 is 17.6 Å². The van der Waals surface area contributed by atoms with Gasteiger partial charge >= 0.3 is 0 Å². The zero-order valence-corrected chi connectivity index (χ0v) is 14.2. The monoisotopic (exact) mass is 324 g/mol. The summed E-state index contributed by atoms with van der Waals surface area (Å²) < 4.78 is 5.32. The van der Waals surface area contributed by atoms with E-state index in [1.807, 2.05) is 24.7 Å². The summed E-state index contributed by atoms with van der Waals surface area (Å²) in [7, 11) is 1.64. The van der Waals surface area contributed by atoms with Crippen LogP contribution in [0.5, 0.6) is 5.88 Å². The van der Waals surface area contributed by atoms with Crippen LogP contribution in [0.3, 0.4) is 0 Å². The van der Waals surface area contributed by atoms with E-state index in [1.165, 1.54) is 30.4 Å². The van der Waals surface area contributed by atoms with Gasteiger partial charge < -0.3 is 4.74 Å². The summed E-state index contributed by atoms with van der Waals surface area (Å²) in [6.07, 6.45) is 13.3. The highest BCUT2D eigenvalue weighted by molar-refractivity contribution is 5.86. The van der Waals surface area contributed by atoms with Gasteiger partial charge in [-0.3, -0.25) is 9.79 Å². The second kappa shape index (κ2) is 6.50. The lowest BCUT2D eigenvalue weighted by atomic mass is 9.70. The number of aromatic nitrogens is 1. The van der Waals surface area contributed by atoms with Crippen LogP contribution >= 0.6 is 0 Å². The van der Waals surface area contributed by atoms with E-state index in [1.54, 1.807) is 7.11 Å². The lowest BCUT2D eigenvalue weighted by Gasteiger charge is -2.35. The van der Waals surface area contributed by atoms with E-state index in [-0.39, 0.29) is 11.8 Å². The van der Waals surface area contributed by atoms with Gasteiger partial charge in [-0.15, -0.1) is 0 Å². The van der Waals surface area contributed by atoms with Crippen LogP contribution in [0.25, 0.3) is 5.57 Å². The minimum atomic E-state index is 0.201. The smallest absolute Gasteiger partial charge is 0.213 e. The van der Waals surface area contributed by atoms with Crippen molar-refractivity contribution in [2.75, 3.05) is 7.11 Å². The van der Waals surface area contributed by atoms with Crippen LogP contribution < -0.4 is 4.74 Å². The molecule has 2 unspecified atom stereocenters. The second-order valence-corrected chi connectivity index (χ2v) is 7.25. The van der Waals surface area contributed by atoms with Gasteiger partial charge in [-0.25, -0.2) is 4.98 Å². The molecule has 4 rings (SSSR count). The van der Waals surface area contributed by atoms with E-state index in [2.05, 4.69) is 9.98 Å². The van der Waals surface area contributed by atoms with Gasteiger partial charge in [-0.05, 0) is 36.3 Å². The second-order valence-electron chi connectivity index (χ2n) is 7.25. The van der Waals surface area contributed by atoms with Gasteiger partial charge in [0.2, 0.25) is 5.88 Å². The van der Waals surface area contributed by atoms with E-state index in [0.29, 0.717) is 24.0 Å². The average molecular weight is 324 g/mol. The number of carbonyl (C=O) groups is 1. The van der Waals surface area contributed by atoms with E-state index in [4.69, 9.17) is 4.74 Å². The number of ether oxygens (including phenoxy) is 1. The van der Waals surface area contributed by atoms with Gasteiger partial charge in [0.05, 0.1) is 7.11 Å². The third-order valence-electron chi connectivity index (χ3n) is 5.83. The Labute approximate surface area is 143 Å². The first-order chi connectivity index (χ1) is 11.8. The number of Topliss-reactive ketones (excluding diaryl/α,β-unsaturated/α-hetero) is 1. The standard InChI is InChI=1S/C20H24N2O2/c1-24-20-9-17-16(8-19(23)13-5-3-2-4-6-13)14-7-15(11-21-10-14)18(17)12-22-20/h9-14,16H,2-8H2,1H3. The number of carbonyl (C=O) groups excluding carboxylic acids is 1. The van der Waals surface area contributed by atoms with E-state index < -0.39 is 0 Å². The number of methoxy groups -OCH3 is 1.